The van der Waals surface area contributed by atoms with E-state index >= 15 is 0 Å². The molecule has 0 saturated carbocycles. The van der Waals surface area contributed by atoms with Crippen LogP contribution in [-0.2, 0) is 4.79 Å². The average Bonchev–Trinajstić information content (AvgIpc) is 2.42. The zero-order valence-electron chi connectivity index (χ0n) is 10.7. The van der Waals surface area contributed by atoms with Crippen molar-refractivity contribution < 1.29 is 14.6 Å². The number of methoxy groups -OCH3 is 1. The minimum absolute atomic E-state index is 0.0175. The van der Waals surface area contributed by atoms with Crippen LogP contribution in [0.25, 0.3) is 0 Å². The lowest BCUT2D eigenvalue weighted by Gasteiger charge is -2.09. The van der Waals surface area contributed by atoms with E-state index in [1.54, 1.807) is 7.11 Å². The Balaban J connectivity index is 2.29. The Hall–Kier alpha value is -1.20. The van der Waals surface area contributed by atoms with Crippen LogP contribution >= 0.6 is 11.8 Å². The van der Waals surface area contributed by atoms with Gasteiger partial charge in [0, 0.05) is 18.0 Å². The third-order valence-corrected chi connectivity index (χ3v) is 3.40. The number of nitrogens with one attached hydrogen (secondary N) is 1. The van der Waals surface area contributed by atoms with E-state index in [0.717, 1.165) is 10.6 Å². The van der Waals surface area contributed by atoms with Gasteiger partial charge in [0.05, 0.1) is 12.9 Å². The van der Waals surface area contributed by atoms with Crippen LogP contribution in [0.5, 0.6) is 5.75 Å². The van der Waals surface area contributed by atoms with Crippen molar-refractivity contribution in [2.45, 2.75) is 11.8 Å². The Labute approximate surface area is 112 Å². The van der Waals surface area contributed by atoms with Crippen molar-refractivity contribution in [3.05, 3.63) is 24.3 Å². The zero-order chi connectivity index (χ0) is 13.4. The van der Waals surface area contributed by atoms with Crippen LogP contribution in [0.1, 0.15) is 6.92 Å². The average molecular weight is 269 g/mol. The predicted molar refractivity (Wildman–Crippen MR) is 73.0 cm³/mol. The van der Waals surface area contributed by atoms with Crippen LogP contribution in [0, 0.1) is 5.92 Å². The first-order valence-corrected chi connectivity index (χ1v) is 6.78. The molecule has 0 radical (unpaired) electrons. The van der Waals surface area contributed by atoms with Gasteiger partial charge in [0.15, 0.2) is 0 Å². The first-order valence-electron chi connectivity index (χ1n) is 5.80. The number of aliphatic hydroxyl groups excluding tert-OH is 1. The summed E-state index contributed by atoms with van der Waals surface area (Å²) in [5, 5.41) is 11.6. The highest BCUT2D eigenvalue weighted by Gasteiger charge is 2.05. The molecule has 0 heterocycles. The summed E-state index contributed by atoms with van der Waals surface area (Å²) in [6.45, 7) is 2.49. The smallest absolute Gasteiger partial charge is 0.230 e. The molecule has 18 heavy (non-hydrogen) atoms. The molecule has 0 aliphatic rings. The van der Waals surface area contributed by atoms with Crippen LogP contribution in [0.15, 0.2) is 29.2 Å². The number of carbonyl (C=O) groups excluding carboxylic acids is 1. The lowest BCUT2D eigenvalue weighted by Crippen LogP contribution is -2.30. The number of rotatable bonds is 7. The Kier molecular flexibility index (Phi) is 6.60. The topological polar surface area (TPSA) is 58.6 Å². The SMILES string of the molecule is COc1ccc(SCC(=O)NCC(C)CO)cc1. The molecule has 1 amide bonds. The number of hydrogen-bond donors (Lipinski definition) is 2. The first kappa shape index (κ1) is 14.9. The van der Waals surface area contributed by atoms with Crippen LogP contribution in [0.3, 0.4) is 0 Å². The van der Waals surface area contributed by atoms with Crippen molar-refractivity contribution in [2.75, 3.05) is 26.0 Å². The minimum Gasteiger partial charge on any atom is -0.497 e. The van der Waals surface area contributed by atoms with Gasteiger partial charge in [-0.05, 0) is 30.2 Å². The molecule has 0 spiro atoms. The molecule has 0 aromatic heterocycles. The summed E-state index contributed by atoms with van der Waals surface area (Å²) >= 11 is 1.48. The van der Waals surface area contributed by atoms with Gasteiger partial charge in [0.25, 0.3) is 0 Å². The molecule has 4 nitrogen and oxygen atoms in total. The molecule has 1 unspecified atom stereocenters. The lowest BCUT2D eigenvalue weighted by molar-refractivity contribution is -0.118. The molecule has 0 aliphatic heterocycles. The Morgan fingerprint density at radius 3 is 2.67 bits per heavy atom. The third-order valence-electron chi connectivity index (χ3n) is 2.39. The van der Waals surface area contributed by atoms with Gasteiger partial charge in [0.1, 0.15) is 5.75 Å². The van der Waals surface area contributed by atoms with Gasteiger partial charge in [-0.2, -0.15) is 0 Å². The van der Waals surface area contributed by atoms with E-state index in [1.165, 1.54) is 11.8 Å². The predicted octanol–water partition coefficient (Wildman–Crippen LogP) is 1.53. The van der Waals surface area contributed by atoms with E-state index in [4.69, 9.17) is 9.84 Å². The Morgan fingerprint density at radius 2 is 2.11 bits per heavy atom. The number of ether oxygens (including phenoxy) is 1. The number of amides is 1. The van der Waals surface area contributed by atoms with Crippen molar-refractivity contribution in [1.82, 2.24) is 5.32 Å². The maximum atomic E-state index is 11.5. The summed E-state index contributed by atoms with van der Waals surface area (Å²) in [6.07, 6.45) is 0. The maximum Gasteiger partial charge on any atom is 0.230 e. The summed E-state index contributed by atoms with van der Waals surface area (Å²) < 4.78 is 5.06. The molecular weight excluding hydrogens is 250 g/mol. The van der Waals surface area contributed by atoms with Crippen molar-refractivity contribution in [1.29, 1.82) is 0 Å². The van der Waals surface area contributed by atoms with Crippen LogP contribution in [-0.4, -0.2) is 37.0 Å². The number of benzene rings is 1. The van der Waals surface area contributed by atoms with Gasteiger partial charge in [-0.15, -0.1) is 11.8 Å². The van der Waals surface area contributed by atoms with E-state index in [2.05, 4.69) is 5.32 Å². The molecular formula is C13H19NO3S. The second-order valence-electron chi connectivity index (χ2n) is 4.06. The van der Waals surface area contributed by atoms with Crippen molar-refractivity contribution >= 4 is 17.7 Å². The highest BCUT2D eigenvalue weighted by molar-refractivity contribution is 8.00. The number of thioether (sulfide) groups is 1. The molecule has 1 aromatic carbocycles. The zero-order valence-corrected chi connectivity index (χ0v) is 11.5. The second kappa shape index (κ2) is 8.00. The minimum atomic E-state index is -0.0175. The van der Waals surface area contributed by atoms with Gasteiger partial charge < -0.3 is 15.2 Å². The maximum absolute atomic E-state index is 11.5. The normalized spacial score (nSPS) is 11.9. The van der Waals surface area contributed by atoms with E-state index in [9.17, 15) is 4.79 Å². The van der Waals surface area contributed by atoms with Gasteiger partial charge in [-0.1, -0.05) is 6.92 Å². The monoisotopic (exact) mass is 269 g/mol. The van der Waals surface area contributed by atoms with E-state index < -0.39 is 0 Å². The molecule has 1 aromatic rings. The fourth-order valence-electron chi connectivity index (χ4n) is 1.22. The standard InChI is InChI=1S/C13H19NO3S/c1-10(8-15)7-14-13(16)9-18-12-5-3-11(17-2)4-6-12/h3-6,10,15H,7-9H2,1-2H3,(H,14,16). The molecule has 1 rings (SSSR count). The summed E-state index contributed by atoms with van der Waals surface area (Å²) in [5.41, 5.74) is 0. The van der Waals surface area contributed by atoms with Crippen molar-refractivity contribution in [3.63, 3.8) is 0 Å². The molecule has 1 atom stereocenters. The third kappa shape index (κ3) is 5.42. The van der Waals surface area contributed by atoms with E-state index in [1.807, 2.05) is 31.2 Å². The van der Waals surface area contributed by atoms with Crippen LogP contribution < -0.4 is 10.1 Å². The number of carbonyl (C=O) groups is 1. The van der Waals surface area contributed by atoms with E-state index in [-0.39, 0.29) is 18.4 Å². The summed E-state index contributed by atoms with van der Waals surface area (Å²) in [6, 6.07) is 7.59. The van der Waals surface area contributed by atoms with Gasteiger partial charge >= 0.3 is 0 Å². The Morgan fingerprint density at radius 1 is 1.44 bits per heavy atom. The summed E-state index contributed by atoms with van der Waals surface area (Å²) in [5.74, 6) is 1.27. The summed E-state index contributed by atoms with van der Waals surface area (Å²) in [4.78, 5) is 12.6. The van der Waals surface area contributed by atoms with Gasteiger partial charge in [-0.3, -0.25) is 4.79 Å². The summed E-state index contributed by atoms with van der Waals surface area (Å²) in [7, 11) is 1.62. The second-order valence-corrected chi connectivity index (χ2v) is 5.10. The van der Waals surface area contributed by atoms with Crippen LogP contribution in [0.2, 0.25) is 0 Å². The molecule has 0 bridgehead atoms. The van der Waals surface area contributed by atoms with Gasteiger partial charge in [0.2, 0.25) is 5.91 Å². The van der Waals surface area contributed by atoms with Crippen molar-refractivity contribution in [3.8, 4) is 5.75 Å². The Bertz CT molecular complexity index is 367. The largest absolute Gasteiger partial charge is 0.497 e. The fourth-order valence-corrected chi connectivity index (χ4v) is 1.95. The molecule has 2 N–H and O–H groups in total. The molecule has 100 valence electrons. The molecule has 0 fully saturated rings. The van der Waals surface area contributed by atoms with Gasteiger partial charge in [-0.25, -0.2) is 0 Å². The van der Waals surface area contributed by atoms with E-state index in [0.29, 0.717) is 12.3 Å². The van der Waals surface area contributed by atoms with Crippen LogP contribution in [0.4, 0.5) is 0 Å². The molecule has 0 saturated heterocycles. The number of aliphatic hydroxyl groups is 1. The molecule has 0 aliphatic carbocycles. The number of hydrogen-bond acceptors (Lipinski definition) is 4. The van der Waals surface area contributed by atoms with Crippen molar-refractivity contribution in [2.24, 2.45) is 5.92 Å². The highest BCUT2D eigenvalue weighted by atomic mass is 32.2. The quantitative estimate of drug-likeness (QED) is 0.737. The highest BCUT2D eigenvalue weighted by Crippen LogP contribution is 2.20. The molecule has 5 heteroatoms. The lowest BCUT2D eigenvalue weighted by atomic mass is 10.2. The first-order chi connectivity index (χ1) is 8.65. The fraction of sp³-hybridized carbons (Fsp3) is 0.462.